The summed E-state index contributed by atoms with van der Waals surface area (Å²) in [4.78, 5) is 12.1. The maximum Gasteiger partial charge on any atom is 0.185 e. The molecule has 0 fully saturated rings. The number of hydrogen-bond donors (Lipinski definition) is 1. The standard InChI is InChI=1S/C19H19BrO4/c1-3-10-24-19-16(20)11-13(12-18(19)23-2)4-9-17(22)14-5-7-15(21)8-6-14/h4-9,11-12,21H,3,10H2,1-2H3/b9-4+. The van der Waals surface area contributed by atoms with Gasteiger partial charge in [-0.25, -0.2) is 0 Å². The molecule has 0 heterocycles. The van der Waals surface area contributed by atoms with E-state index in [1.54, 1.807) is 25.3 Å². The summed E-state index contributed by atoms with van der Waals surface area (Å²) in [5, 5.41) is 9.26. The summed E-state index contributed by atoms with van der Waals surface area (Å²) >= 11 is 3.48. The number of halogens is 1. The van der Waals surface area contributed by atoms with Crippen LogP contribution in [0, 0.1) is 0 Å². The summed E-state index contributed by atoms with van der Waals surface area (Å²) in [5.74, 6) is 1.25. The lowest BCUT2D eigenvalue weighted by Gasteiger charge is -2.12. The van der Waals surface area contributed by atoms with Crippen molar-refractivity contribution in [2.24, 2.45) is 0 Å². The van der Waals surface area contributed by atoms with Crippen LogP contribution in [0.4, 0.5) is 0 Å². The number of allylic oxidation sites excluding steroid dienone is 1. The fraction of sp³-hybridized carbons (Fsp3) is 0.211. The molecule has 0 aliphatic rings. The Bertz CT molecular complexity index is 736. The Balaban J connectivity index is 2.21. The number of carbonyl (C=O) groups is 1. The third-order valence-corrected chi connectivity index (χ3v) is 3.87. The minimum absolute atomic E-state index is 0.131. The number of ketones is 1. The number of phenols is 1. The Labute approximate surface area is 149 Å². The molecule has 5 heteroatoms. The lowest BCUT2D eigenvalue weighted by molar-refractivity contribution is 0.104. The molecule has 0 saturated heterocycles. The number of benzene rings is 2. The van der Waals surface area contributed by atoms with Crippen LogP contribution >= 0.6 is 15.9 Å². The lowest BCUT2D eigenvalue weighted by atomic mass is 10.1. The summed E-state index contributed by atoms with van der Waals surface area (Å²) in [7, 11) is 1.58. The van der Waals surface area contributed by atoms with Crippen LogP contribution in [-0.2, 0) is 0 Å². The van der Waals surface area contributed by atoms with Crippen LogP contribution in [0.15, 0.2) is 46.9 Å². The summed E-state index contributed by atoms with van der Waals surface area (Å²) in [6.07, 6.45) is 4.10. The molecule has 2 aromatic rings. The van der Waals surface area contributed by atoms with Gasteiger partial charge in [-0.2, -0.15) is 0 Å². The van der Waals surface area contributed by atoms with Crippen molar-refractivity contribution in [2.45, 2.75) is 13.3 Å². The van der Waals surface area contributed by atoms with Crippen LogP contribution in [-0.4, -0.2) is 24.6 Å². The Morgan fingerprint density at radius 3 is 2.58 bits per heavy atom. The molecule has 0 unspecified atom stereocenters. The van der Waals surface area contributed by atoms with Crippen LogP contribution in [0.3, 0.4) is 0 Å². The average molecular weight is 391 g/mol. The molecular formula is C19H19BrO4. The topological polar surface area (TPSA) is 55.8 Å². The van der Waals surface area contributed by atoms with E-state index < -0.39 is 0 Å². The number of phenolic OH excluding ortho intramolecular Hbond substituents is 1. The quantitative estimate of drug-likeness (QED) is 0.542. The molecule has 0 atom stereocenters. The van der Waals surface area contributed by atoms with Crippen molar-refractivity contribution >= 4 is 27.8 Å². The third kappa shape index (κ3) is 4.61. The van der Waals surface area contributed by atoms with Gasteiger partial charge in [0, 0.05) is 5.56 Å². The number of methoxy groups -OCH3 is 1. The van der Waals surface area contributed by atoms with Crippen molar-refractivity contribution < 1.29 is 19.4 Å². The van der Waals surface area contributed by atoms with Crippen molar-refractivity contribution in [1.82, 2.24) is 0 Å². The van der Waals surface area contributed by atoms with Gasteiger partial charge in [-0.3, -0.25) is 4.79 Å². The van der Waals surface area contributed by atoms with E-state index in [1.807, 2.05) is 19.1 Å². The Morgan fingerprint density at radius 1 is 1.25 bits per heavy atom. The molecule has 0 saturated carbocycles. The van der Waals surface area contributed by atoms with Crippen molar-refractivity contribution in [2.75, 3.05) is 13.7 Å². The first-order valence-electron chi connectivity index (χ1n) is 7.57. The molecule has 0 spiro atoms. The normalized spacial score (nSPS) is 10.8. The molecule has 0 aliphatic carbocycles. The van der Waals surface area contributed by atoms with E-state index in [4.69, 9.17) is 9.47 Å². The lowest BCUT2D eigenvalue weighted by Crippen LogP contribution is -1.99. The second-order valence-corrected chi connectivity index (χ2v) is 5.98. The predicted octanol–water partition coefficient (Wildman–Crippen LogP) is 4.85. The molecule has 0 aliphatic heterocycles. The summed E-state index contributed by atoms with van der Waals surface area (Å²) in [6.45, 7) is 2.63. The summed E-state index contributed by atoms with van der Waals surface area (Å²) in [6, 6.07) is 9.83. The minimum Gasteiger partial charge on any atom is -0.508 e. The van der Waals surface area contributed by atoms with Gasteiger partial charge in [0.15, 0.2) is 17.3 Å². The van der Waals surface area contributed by atoms with Crippen molar-refractivity contribution in [3.8, 4) is 17.2 Å². The molecule has 0 aromatic heterocycles. The Morgan fingerprint density at radius 2 is 1.96 bits per heavy atom. The smallest absolute Gasteiger partial charge is 0.185 e. The highest BCUT2D eigenvalue weighted by Crippen LogP contribution is 2.37. The highest BCUT2D eigenvalue weighted by Gasteiger charge is 2.11. The molecule has 0 radical (unpaired) electrons. The van der Waals surface area contributed by atoms with Gasteiger partial charge >= 0.3 is 0 Å². The highest BCUT2D eigenvalue weighted by atomic mass is 79.9. The van der Waals surface area contributed by atoms with Gasteiger partial charge in [0.2, 0.25) is 0 Å². The van der Waals surface area contributed by atoms with Crippen molar-refractivity contribution in [3.05, 3.63) is 58.1 Å². The fourth-order valence-corrected chi connectivity index (χ4v) is 2.65. The van der Waals surface area contributed by atoms with Crippen LogP contribution in [0.1, 0.15) is 29.3 Å². The van der Waals surface area contributed by atoms with Gasteiger partial charge in [0.05, 0.1) is 18.2 Å². The predicted molar refractivity (Wildman–Crippen MR) is 98.0 cm³/mol. The summed E-state index contributed by atoms with van der Waals surface area (Å²) < 4.78 is 11.8. The van der Waals surface area contributed by atoms with Crippen molar-refractivity contribution in [1.29, 1.82) is 0 Å². The molecule has 24 heavy (non-hydrogen) atoms. The third-order valence-electron chi connectivity index (χ3n) is 3.28. The van der Waals surface area contributed by atoms with Crippen LogP contribution in [0.2, 0.25) is 0 Å². The summed E-state index contributed by atoms with van der Waals surface area (Å²) in [5.41, 5.74) is 1.33. The van der Waals surface area contributed by atoms with Crippen LogP contribution < -0.4 is 9.47 Å². The largest absolute Gasteiger partial charge is 0.508 e. The van der Waals surface area contributed by atoms with Gasteiger partial charge in [0.25, 0.3) is 0 Å². The first kappa shape index (κ1) is 18.1. The molecule has 126 valence electrons. The van der Waals surface area contributed by atoms with E-state index in [2.05, 4.69) is 15.9 Å². The first-order chi connectivity index (χ1) is 11.5. The monoisotopic (exact) mass is 390 g/mol. The SMILES string of the molecule is CCCOc1c(Br)cc(/C=C/C(=O)c2ccc(O)cc2)cc1OC. The maximum absolute atomic E-state index is 12.1. The fourth-order valence-electron chi connectivity index (χ4n) is 2.07. The molecule has 2 rings (SSSR count). The van der Waals surface area contributed by atoms with Gasteiger partial charge < -0.3 is 14.6 Å². The average Bonchev–Trinajstić information content (AvgIpc) is 2.58. The zero-order chi connectivity index (χ0) is 17.5. The van der Waals surface area contributed by atoms with E-state index in [0.717, 1.165) is 16.5 Å². The van der Waals surface area contributed by atoms with E-state index in [1.165, 1.54) is 18.2 Å². The highest BCUT2D eigenvalue weighted by molar-refractivity contribution is 9.10. The van der Waals surface area contributed by atoms with E-state index >= 15 is 0 Å². The van der Waals surface area contributed by atoms with E-state index in [-0.39, 0.29) is 11.5 Å². The van der Waals surface area contributed by atoms with E-state index in [0.29, 0.717) is 23.7 Å². The van der Waals surface area contributed by atoms with Crippen LogP contribution in [0.25, 0.3) is 6.08 Å². The zero-order valence-corrected chi connectivity index (χ0v) is 15.2. The molecule has 0 amide bonds. The zero-order valence-electron chi connectivity index (χ0n) is 13.6. The molecule has 0 bridgehead atoms. The first-order valence-corrected chi connectivity index (χ1v) is 8.36. The molecule has 4 nitrogen and oxygen atoms in total. The molecular weight excluding hydrogens is 372 g/mol. The second kappa shape index (κ2) is 8.55. The Kier molecular flexibility index (Phi) is 6.44. The maximum atomic E-state index is 12.1. The number of hydrogen-bond acceptors (Lipinski definition) is 4. The number of ether oxygens (including phenoxy) is 2. The Hall–Kier alpha value is -2.27. The van der Waals surface area contributed by atoms with Gasteiger partial charge in [-0.1, -0.05) is 13.0 Å². The number of aromatic hydroxyl groups is 1. The van der Waals surface area contributed by atoms with E-state index in [9.17, 15) is 9.90 Å². The number of carbonyl (C=O) groups excluding carboxylic acids is 1. The van der Waals surface area contributed by atoms with Crippen LogP contribution in [0.5, 0.6) is 17.2 Å². The van der Waals surface area contributed by atoms with Crippen molar-refractivity contribution in [3.63, 3.8) is 0 Å². The van der Waals surface area contributed by atoms with Gasteiger partial charge in [-0.15, -0.1) is 0 Å². The minimum atomic E-state index is -0.142. The number of rotatable bonds is 7. The molecule has 2 aromatic carbocycles. The molecule has 1 N–H and O–H groups in total. The second-order valence-electron chi connectivity index (χ2n) is 5.13. The van der Waals surface area contributed by atoms with Gasteiger partial charge in [0.1, 0.15) is 5.75 Å². The van der Waals surface area contributed by atoms with Gasteiger partial charge in [-0.05, 0) is 70.4 Å².